The van der Waals surface area contributed by atoms with Crippen molar-refractivity contribution in [2.45, 2.75) is 0 Å². The van der Waals surface area contributed by atoms with E-state index >= 15 is 0 Å². The van der Waals surface area contributed by atoms with Crippen LogP contribution in [0.4, 0.5) is 28.4 Å². The first-order valence-electron chi connectivity index (χ1n) is 6.81. The number of carbonyl (C=O) groups excluding carboxylic acids is 1. The van der Waals surface area contributed by atoms with E-state index in [9.17, 15) is 35.1 Å². The van der Waals surface area contributed by atoms with Crippen molar-refractivity contribution in [3.8, 4) is 0 Å². The molecule has 2 aromatic rings. The lowest BCUT2D eigenvalue weighted by molar-refractivity contribution is -0.401. The van der Waals surface area contributed by atoms with Crippen LogP contribution in [0.25, 0.3) is 0 Å². The van der Waals surface area contributed by atoms with Crippen LogP contribution < -0.4 is 5.32 Å². The van der Waals surface area contributed by atoms with E-state index in [-0.39, 0.29) is 11.3 Å². The van der Waals surface area contributed by atoms with Crippen molar-refractivity contribution < 1.29 is 24.3 Å². The second-order valence-corrected chi connectivity index (χ2v) is 4.83. The predicted octanol–water partition coefficient (Wildman–Crippen LogP) is 2.94. The molecule has 2 rings (SSSR count). The van der Waals surface area contributed by atoms with E-state index in [0.29, 0.717) is 12.1 Å². The Morgan fingerprint density at radius 2 is 1.54 bits per heavy atom. The van der Waals surface area contributed by atoms with Crippen molar-refractivity contribution in [2.75, 3.05) is 12.4 Å². The van der Waals surface area contributed by atoms with Gasteiger partial charge in [-0.3, -0.25) is 30.3 Å². The first kappa shape index (κ1) is 18.3. The molecular formula is C14H10N4O8. The Labute approximate surface area is 144 Å². The number of nitrogens with one attached hydrogen (secondary N) is 1. The van der Waals surface area contributed by atoms with Gasteiger partial charge in [-0.1, -0.05) is 6.07 Å². The Hall–Kier alpha value is -4.09. The van der Waals surface area contributed by atoms with Gasteiger partial charge in [0, 0.05) is 5.69 Å². The second-order valence-electron chi connectivity index (χ2n) is 4.83. The summed E-state index contributed by atoms with van der Waals surface area (Å²) < 4.78 is 4.55. The van der Waals surface area contributed by atoms with Crippen LogP contribution >= 0.6 is 0 Å². The fourth-order valence-electron chi connectivity index (χ4n) is 2.10. The van der Waals surface area contributed by atoms with Gasteiger partial charge in [-0.15, -0.1) is 0 Å². The number of hydrogen-bond donors (Lipinski definition) is 1. The Morgan fingerprint density at radius 3 is 2.00 bits per heavy atom. The number of methoxy groups -OCH3 is 1. The summed E-state index contributed by atoms with van der Waals surface area (Å²) in [4.78, 5) is 41.9. The molecule has 0 aliphatic heterocycles. The van der Waals surface area contributed by atoms with Crippen molar-refractivity contribution in [1.82, 2.24) is 0 Å². The molecule has 0 fully saturated rings. The fraction of sp³-hybridized carbons (Fsp3) is 0.0714. The van der Waals surface area contributed by atoms with Crippen LogP contribution in [-0.2, 0) is 4.74 Å². The molecule has 0 atom stereocenters. The van der Waals surface area contributed by atoms with Crippen LogP contribution in [0.2, 0.25) is 0 Å². The minimum atomic E-state index is -0.980. The van der Waals surface area contributed by atoms with Crippen LogP contribution in [0, 0.1) is 30.3 Å². The van der Waals surface area contributed by atoms with Crippen molar-refractivity contribution in [1.29, 1.82) is 0 Å². The number of nitro benzene ring substituents is 3. The third kappa shape index (κ3) is 3.69. The normalized spacial score (nSPS) is 10.0. The van der Waals surface area contributed by atoms with Crippen LogP contribution in [0.15, 0.2) is 36.4 Å². The number of nitrogens with zero attached hydrogens (tertiary/aromatic N) is 3. The third-order valence-corrected chi connectivity index (χ3v) is 3.24. The van der Waals surface area contributed by atoms with Crippen LogP contribution in [0.5, 0.6) is 0 Å². The van der Waals surface area contributed by atoms with E-state index in [2.05, 4.69) is 10.1 Å². The summed E-state index contributed by atoms with van der Waals surface area (Å²) in [5.74, 6) is -0.679. The van der Waals surface area contributed by atoms with Gasteiger partial charge in [0.05, 0.1) is 39.6 Å². The van der Waals surface area contributed by atoms with E-state index < -0.39 is 43.5 Å². The van der Waals surface area contributed by atoms with E-state index in [1.807, 2.05) is 0 Å². The van der Waals surface area contributed by atoms with Crippen LogP contribution in [0.1, 0.15) is 10.4 Å². The molecule has 0 aliphatic rings. The van der Waals surface area contributed by atoms with E-state index in [0.717, 1.165) is 7.11 Å². The highest BCUT2D eigenvalue weighted by atomic mass is 16.6. The highest BCUT2D eigenvalue weighted by molar-refractivity contribution is 5.91. The topological polar surface area (TPSA) is 168 Å². The van der Waals surface area contributed by atoms with Gasteiger partial charge in [-0.25, -0.2) is 4.79 Å². The van der Waals surface area contributed by atoms with Gasteiger partial charge in [0.25, 0.3) is 5.69 Å². The zero-order chi connectivity index (χ0) is 19.4. The minimum absolute atomic E-state index is 0.102. The summed E-state index contributed by atoms with van der Waals surface area (Å²) in [6.07, 6.45) is 0. The summed E-state index contributed by atoms with van der Waals surface area (Å²) in [7, 11) is 1.16. The Morgan fingerprint density at radius 1 is 0.962 bits per heavy atom. The molecule has 0 aromatic heterocycles. The van der Waals surface area contributed by atoms with Gasteiger partial charge in [0.1, 0.15) is 0 Å². The zero-order valence-corrected chi connectivity index (χ0v) is 13.1. The fourth-order valence-corrected chi connectivity index (χ4v) is 2.10. The smallest absolute Gasteiger partial charge is 0.337 e. The molecular weight excluding hydrogens is 352 g/mol. The number of rotatable bonds is 6. The van der Waals surface area contributed by atoms with Crippen LogP contribution in [0.3, 0.4) is 0 Å². The van der Waals surface area contributed by atoms with E-state index in [4.69, 9.17) is 0 Å². The predicted molar refractivity (Wildman–Crippen MR) is 87.5 cm³/mol. The number of hydrogen-bond acceptors (Lipinski definition) is 9. The summed E-state index contributed by atoms with van der Waals surface area (Å²) >= 11 is 0. The SMILES string of the molecule is COC(=O)c1cccc(Nc2c([N+](=O)[O-])cc([N+](=O)[O-])cc2[N+](=O)[O-])c1. The number of esters is 1. The van der Waals surface area contributed by atoms with Gasteiger partial charge in [0.2, 0.25) is 0 Å². The van der Waals surface area contributed by atoms with Gasteiger partial charge >= 0.3 is 17.3 Å². The first-order chi connectivity index (χ1) is 12.2. The molecule has 0 heterocycles. The quantitative estimate of drug-likeness (QED) is 0.461. The largest absolute Gasteiger partial charge is 0.465 e. The first-order valence-corrected chi connectivity index (χ1v) is 6.81. The number of nitro groups is 3. The number of anilines is 2. The van der Waals surface area contributed by atoms with E-state index in [1.165, 1.54) is 24.3 Å². The zero-order valence-electron chi connectivity index (χ0n) is 13.1. The maximum atomic E-state index is 11.5. The highest BCUT2D eigenvalue weighted by Crippen LogP contribution is 2.40. The maximum Gasteiger partial charge on any atom is 0.337 e. The second kappa shape index (κ2) is 7.21. The molecule has 0 aliphatic carbocycles. The van der Waals surface area contributed by atoms with Crippen molar-refractivity contribution in [2.24, 2.45) is 0 Å². The summed E-state index contributed by atoms with van der Waals surface area (Å²) in [5.41, 5.74) is -2.83. The van der Waals surface area contributed by atoms with Gasteiger partial charge in [0.15, 0.2) is 5.69 Å². The molecule has 1 N–H and O–H groups in total. The molecule has 0 bridgehead atoms. The Kier molecular flexibility index (Phi) is 5.06. The van der Waals surface area contributed by atoms with Crippen molar-refractivity contribution in [3.63, 3.8) is 0 Å². The van der Waals surface area contributed by atoms with Crippen molar-refractivity contribution >= 4 is 34.4 Å². The molecule has 0 spiro atoms. The highest BCUT2D eigenvalue weighted by Gasteiger charge is 2.30. The van der Waals surface area contributed by atoms with Gasteiger partial charge in [-0.05, 0) is 18.2 Å². The number of carbonyl (C=O) groups is 1. The lowest BCUT2D eigenvalue weighted by Gasteiger charge is -2.09. The van der Waals surface area contributed by atoms with Crippen molar-refractivity contribution in [3.05, 3.63) is 72.3 Å². The molecule has 0 amide bonds. The molecule has 134 valence electrons. The molecule has 0 radical (unpaired) electrons. The molecule has 2 aromatic carbocycles. The van der Waals surface area contributed by atoms with Crippen LogP contribution in [-0.4, -0.2) is 27.8 Å². The summed E-state index contributed by atoms with van der Waals surface area (Å²) in [6, 6.07) is 6.73. The number of non-ortho nitro benzene ring substituents is 1. The summed E-state index contributed by atoms with van der Waals surface area (Å²) in [5, 5.41) is 35.8. The molecule has 26 heavy (non-hydrogen) atoms. The lowest BCUT2D eigenvalue weighted by Crippen LogP contribution is -2.05. The number of ether oxygens (including phenoxy) is 1. The maximum absolute atomic E-state index is 11.5. The average Bonchev–Trinajstić information content (AvgIpc) is 2.60. The minimum Gasteiger partial charge on any atom is -0.465 e. The Bertz CT molecular complexity index is 892. The number of benzene rings is 2. The molecule has 0 saturated heterocycles. The van der Waals surface area contributed by atoms with Gasteiger partial charge < -0.3 is 10.1 Å². The van der Waals surface area contributed by atoms with E-state index in [1.54, 1.807) is 0 Å². The van der Waals surface area contributed by atoms with Gasteiger partial charge in [-0.2, -0.15) is 0 Å². The molecule has 0 saturated carbocycles. The molecule has 0 unspecified atom stereocenters. The summed E-state index contributed by atoms with van der Waals surface area (Å²) in [6.45, 7) is 0. The molecule has 12 heteroatoms. The monoisotopic (exact) mass is 362 g/mol. The lowest BCUT2D eigenvalue weighted by atomic mass is 10.1. The Balaban J connectivity index is 2.61. The third-order valence-electron chi connectivity index (χ3n) is 3.24. The molecule has 12 nitrogen and oxygen atoms in total. The standard InChI is InChI=1S/C14H10N4O8/c1-26-14(19)8-3-2-4-9(5-8)15-13-11(17(22)23)6-10(16(20)21)7-12(13)18(24)25/h2-7,15H,1H3. The average molecular weight is 362 g/mol.